The first-order valence-electron chi connectivity index (χ1n) is 16.3. The lowest BCUT2D eigenvalue weighted by Gasteiger charge is -2.33. The van der Waals surface area contributed by atoms with Gasteiger partial charge in [0.1, 0.15) is 23.5 Å². The van der Waals surface area contributed by atoms with Crippen molar-refractivity contribution in [3.8, 4) is 17.4 Å². The number of amides is 3. The van der Waals surface area contributed by atoms with Crippen LogP contribution in [0.15, 0.2) is 24.8 Å². The second-order valence-electron chi connectivity index (χ2n) is 14.4. The van der Waals surface area contributed by atoms with Gasteiger partial charge >= 0.3 is 0 Å². The predicted molar refractivity (Wildman–Crippen MR) is 176 cm³/mol. The minimum atomic E-state index is -3.86. The van der Waals surface area contributed by atoms with Crippen LogP contribution in [0, 0.1) is 11.3 Å². The van der Waals surface area contributed by atoms with Crippen LogP contribution in [-0.4, -0.2) is 90.7 Å². The molecule has 2 heterocycles. The molecule has 0 radical (unpaired) electrons. The third-order valence-electron chi connectivity index (χ3n) is 9.70. The maximum atomic E-state index is 14.1. The van der Waals surface area contributed by atoms with Crippen molar-refractivity contribution in [3.63, 3.8) is 0 Å². The molecule has 1 unspecified atom stereocenters. The van der Waals surface area contributed by atoms with Crippen molar-refractivity contribution >= 4 is 38.6 Å². The molecule has 4 N–H and O–H groups in total. The van der Waals surface area contributed by atoms with Gasteiger partial charge in [0.15, 0.2) is 11.5 Å². The lowest BCUT2D eigenvalue weighted by Crippen LogP contribution is -2.59. The summed E-state index contributed by atoms with van der Waals surface area (Å²) in [6.07, 6.45) is 3.96. The van der Waals surface area contributed by atoms with Gasteiger partial charge in [0.2, 0.25) is 27.7 Å². The van der Waals surface area contributed by atoms with E-state index in [9.17, 15) is 22.8 Å². The molecule has 1 saturated heterocycles. The number of carbonyl (C=O) groups excluding carboxylic acids is 3. The number of carbonyl (C=O) groups is 3. The summed E-state index contributed by atoms with van der Waals surface area (Å²) in [5.41, 5.74) is 4.90. The number of ether oxygens (including phenoxy) is 3. The SMILES string of the molecule is C=C[C@@H]1C[C@]1(NC(=O)C1C[C@@H](Oc2nc(C3CC3)nc3cc(OC)c(OC)cc23)CN1C(=O)[C@@H](N)C(C)(C)C)C(=O)NS(=O)(=O)C1CC1. The van der Waals surface area contributed by atoms with E-state index in [2.05, 4.69) is 16.6 Å². The van der Waals surface area contributed by atoms with E-state index in [0.717, 1.165) is 12.8 Å². The second-order valence-corrected chi connectivity index (χ2v) is 16.4. The van der Waals surface area contributed by atoms with E-state index in [-0.39, 0.29) is 31.2 Å². The number of aromatic nitrogens is 2. The van der Waals surface area contributed by atoms with Gasteiger partial charge in [0, 0.05) is 24.3 Å². The van der Waals surface area contributed by atoms with Crippen molar-refractivity contribution in [2.45, 2.75) is 94.2 Å². The van der Waals surface area contributed by atoms with Crippen LogP contribution in [0.3, 0.4) is 0 Å². The van der Waals surface area contributed by atoms with Crippen molar-refractivity contribution in [2.75, 3.05) is 20.8 Å². The summed E-state index contributed by atoms with van der Waals surface area (Å²) in [6, 6.07) is 1.50. The van der Waals surface area contributed by atoms with E-state index in [1.54, 1.807) is 19.2 Å². The highest BCUT2D eigenvalue weighted by molar-refractivity contribution is 7.91. The molecule has 2 aromatic rings. The number of fused-ring (bicyclic) bond motifs is 1. The number of rotatable bonds is 12. The van der Waals surface area contributed by atoms with Gasteiger partial charge in [0.05, 0.1) is 43.0 Å². The Bertz CT molecular complexity index is 1770. The van der Waals surface area contributed by atoms with Crippen molar-refractivity contribution in [2.24, 2.45) is 17.1 Å². The molecule has 15 heteroatoms. The third-order valence-corrected chi connectivity index (χ3v) is 11.5. The minimum absolute atomic E-state index is 0.0262. The average Bonchev–Trinajstić information content (AvgIpc) is 3.92. The average molecular weight is 685 g/mol. The lowest BCUT2D eigenvalue weighted by molar-refractivity contribution is -0.142. The molecule has 4 fully saturated rings. The van der Waals surface area contributed by atoms with Gasteiger partial charge in [-0.15, -0.1) is 6.58 Å². The molecule has 3 aliphatic carbocycles. The summed E-state index contributed by atoms with van der Waals surface area (Å²) in [5, 5.41) is 2.76. The molecule has 6 rings (SSSR count). The molecule has 5 atom stereocenters. The number of nitrogens with two attached hydrogens (primary N) is 1. The van der Waals surface area contributed by atoms with Crippen LogP contribution in [-0.2, 0) is 24.4 Å². The fourth-order valence-corrected chi connectivity index (χ4v) is 7.52. The molecule has 260 valence electrons. The van der Waals surface area contributed by atoms with Gasteiger partial charge in [0.25, 0.3) is 5.91 Å². The Morgan fingerprint density at radius 2 is 1.77 bits per heavy atom. The molecule has 3 amide bonds. The molecule has 1 aliphatic heterocycles. The van der Waals surface area contributed by atoms with E-state index in [4.69, 9.17) is 29.9 Å². The third kappa shape index (κ3) is 6.41. The zero-order valence-corrected chi connectivity index (χ0v) is 28.8. The summed E-state index contributed by atoms with van der Waals surface area (Å²) in [6.45, 7) is 9.29. The Hall–Kier alpha value is -3.98. The number of hydrogen-bond donors (Lipinski definition) is 3. The number of likely N-dealkylation sites (tertiary alicyclic amines) is 1. The number of sulfonamides is 1. The molecule has 3 saturated carbocycles. The first-order valence-corrected chi connectivity index (χ1v) is 17.8. The molecule has 0 spiro atoms. The van der Waals surface area contributed by atoms with E-state index in [1.165, 1.54) is 18.1 Å². The number of nitrogens with one attached hydrogen (secondary N) is 2. The van der Waals surface area contributed by atoms with E-state index < -0.39 is 68.1 Å². The van der Waals surface area contributed by atoms with Crippen molar-refractivity contribution in [1.29, 1.82) is 0 Å². The molecule has 1 aromatic carbocycles. The van der Waals surface area contributed by atoms with Crippen LogP contribution in [0.4, 0.5) is 0 Å². The van der Waals surface area contributed by atoms with Gasteiger partial charge in [-0.05, 0) is 43.6 Å². The normalized spacial score (nSPS) is 26.0. The van der Waals surface area contributed by atoms with Gasteiger partial charge in [-0.1, -0.05) is 26.8 Å². The Kier molecular flexibility index (Phi) is 8.59. The lowest BCUT2D eigenvalue weighted by atomic mass is 9.86. The predicted octanol–water partition coefficient (Wildman–Crippen LogP) is 1.92. The Labute approximate surface area is 280 Å². The van der Waals surface area contributed by atoms with Crippen LogP contribution >= 0.6 is 0 Å². The maximum absolute atomic E-state index is 14.1. The molecular weight excluding hydrogens is 640 g/mol. The summed E-state index contributed by atoms with van der Waals surface area (Å²) in [5.74, 6) is -0.261. The Morgan fingerprint density at radius 3 is 2.33 bits per heavy atom. The highest BCUT2D eigenvalue weighted by Crippen LogP contribution is 2.46. The largest absolute Gasteiger partial charge is 0.493 e. The fourth-order valence-electron chi connectivity index (χ4n) is 6.16. The topological polar surface area (TPSA) is 192 Å². The fraction of sp³-hybridized carbons (Fsp3) is 0.606. The van der Waals surface area contributed by atoms with Crippen molar-refractivity contribution < 1.29 is 37.0 Å². The molecule has 1 aromatic heterocycles. The van der Waals surface area contributed by atoms with Gasteiger partial charge in [-0.2, -0.15) is 4.98 Å². The second kappa shape index (κ2) is 12.2. The van der Waals surface area contributed by atoms with Gasteiger partial charge in [-0.3, -0.25) is 19.1 Å². The van der Waals surface area contributed by atoms with Crippen LogP contribution in [0.1, 0.15) is 71.0 Å². The van der Waals surface area contributed by atoms with E-state index in [0.29, 0.717) is 41.1 Å². The van der Waals surface area contributed by atoms with Crippen molar-refractivity contribution in [1.82, 2.24) is 24.9 Å². The number of methoxy groups -OCH3 is 2. The summed E-state index contributed by atoms with van der Waals surface area (Å²) >= 11 is 0. The minimum Gasteiger partial charge on any atom is -0.493 e. The standard InChI is InChI=1S/C33H44N6O8S/c1-7-18-15-33(18,31(42)38-48(43,44)20-10-11-20)37-28(40)23-12-19(16-39(23)30(41)26(34)32(2,3)4)47-29-21-13-24(45-5)25(46-6)14-22(21)35-27(36-29)17-8-9-17/h7,13-14,17-20,23,26H,1,8-12,15-16,34H2,2-6H3,(H,37,40)(H,38,42)/t18-,19-,23?,26-,33-/m1/s1. The van der Waals surface area contributed by atoms with E-state index >= 15 is 0 Å². The van der Waals surface area contributed by atoms with Crippen LogP contribution < -0.4 is 30.0 Å². The molecular formula is C33H44N6O8S. The summed E-state index contributed by atoms with van der Waals surface area (Å²) in [7, 11) is -0.792. The van der Waals surface area contributed by atoms with Crippen LogP contribution in [0.25, 0.3) is 10.9 Å². The zero-order chi connectivity index (χ0) is 34.8. The summed E-state index contributed by atoms with van der Waals surface area (Å²) < 4.78 is 44.9. The number of hydrogen-bond acceptors (Lipinski definition) is 11. The van der Waals surface area contributed by atoms with Crippen LogP contribution in [0.5, 0.6) is 17.4 Å². The Morgan fingerprint density at radius 1 is 1.10 bits per heavy atom. The number of nitrogens with zero attached hydrogens (tertiary/aromatic N) is 3. The maximum Gasteiger partial charge on any atom is 0.259 e. The van der Waals surface area contributed by atoms with Gasteiger partial charge < -0.3 is 30.2 Å². The first kappa shape index (κ1) is 33.9. The zero-order valence-electron chi connectivity index (χ0n) is 27.9. The highest BCUT2D eigenvalue weighted by Gasteiger charge is 2.62. The summed E-state index contributed by atoms with van der Waals surface area (Å²) in [4.78, 5) is 52.2. The molecule has 14 nitrogen and oxygen atoms in total. The van der Waals surface area contributed by atoms with E-state index in [1.807, 2.05) is 20.8 Å². The Balaban J connectivity index is 1.30. The first-order chi connectivity index (χ1) is 22.6. The molecule has 0 bridgehead atoms. The smallest absolute Gasteiger partial charge is 0.259 e. The molecule has 48 heavy (non-hydrogen) atoms. The monoisotopic (exact) mass is 684 g/mol. The molecule has 4 aliphatic rings. The number of benzene rings is 1. The van der Waals surface area contributed by atoms with Crippen molar-refractivity contribution in [3.05, 3.63) is 30.6 Å². The van der Waals surface area contributed by atoms with Gasteiger partial charge in [-0.25, -0.2) is 13.4 Å². The van der Waals surface area contributed by atoms with Crippen LogP contribution in [0.2, 0.25) is 0 Å². The highest BCUT2D eigenvalue weighted by atomic mass is 32.2. The quantitative estimate of drug-likeness (QED) is 0.277.